The normalized spacial score (nSPS) is 14.8. The lowest BCUT2D eigenvalue weighted by Crippen LogP contribution is -2.40. The Hall–Kier alpha value is -3.02. The van der Waals surface area contributed by atoms with Crippen LogP contribution in [0.3, 0.4) is 0 Å². The molecule has 0 aliphatic carbocycles. The minimum Gasteiger partial charge on any atom is -0.492 e. The maximum Gasteiger partial charge on any atom is 0.270 e. The number of benzene rings is 2. The summed E-state index contributed by atoms with van der Waals surface area (Å²) in [4.78, 5) is 22.5. The second kappa shape index (κ2) is 9.65. The van der Waals surface area contributed by atoms with E-state index in [0.29, 0.717) is 32.1 Å². The molecule has 30 heavy (non-hydrogen) atoms. The van der Waals surface area contributed by atoms with Crippen molar-refractivity contribution >= 4 is 21.6 Å². The van der Waals surface area contributed by atoms with Crippen molar-refractivity contribution < 1.29 is 27.6 Å². The first-order valence-corrected chi connectivity index (χ1v) is 10.7. The molecule has 0 aromatic heterocycles. The number of ether oxygens (including phenoxy) is 2. The van der Waals surface area contributed by atoms with Crippen LogP contribution >= 0.6 is 0 Å². The fraction of sp³-hybridized carbons (Fsp3) is 0.316. The summed E-state index contributed by atoms with van der Waals surface area (Å²) in [6, 6.07) is 11.5. The number of nitro groups is 1. The minimum atomic E-state index is -3.56. The lowest BCUT2D eigenvalue weighted by molar-refractivity contribution is -0.384. The van der Waals surface area contributed by atoms with Gasteiger partial charge in [0.15, 0.2) is 0 Å². The zero-order valence-corrected chi connectivity index (χ0v) is 16.8. The summed E-state index contributed by atoms with van der Waals surface area (Å²) >= 11 is 0. The van der Waals surface area contributed by atoms with E-state index in [2.05, 4.69) is 5.32 Å². The number of amides is 1. The molecule has 1 fully saturated rings. The van der Waals surface area contributed by atoms with Gasteiger partial charge in [-0.3, -0.25) is 14.9 Å². The second-order valence-corrected chi connectivity index (χ2v) is 8.34. The average molecular weight is 435 g/mol. The van der Waals surface area contributed by atoms with Gasteiger partial charge in [0, 0.05) is 30.8 Å². The van der Waals surface area contributed by atoms with Gasteiger partial charge in [0.25, 0.3) is 11.6 Å². The Bertz CT molecular complexity index is 1000. The summed E-state index contributed by atoms with van der Waals surface area (Å²) in [6.45, 7) is 1.73. The lowest BCUT2D eigenvalue weighted by Gasteiger charge is -2.26. The van der Waals surface area contributed by atoms with Gasteiger partial charge in [0.05, 0.1) is 29.6 Å². The van der Waals surface area contributed by atoms with Gasteiger partial charge < -0.3 is 14.8 Å². The summed E-state index contributed by atoms with van der Waals surface area (Å²) in [5.74, 6) is 0.00905. The first-order valence-electron chi connectivity index (χ1n) is 9.21. The van der Waals surface area contributed by atoms with Crippen LogP contribution in [0.2, 0.25) is 0 Å². The van der Waals surface area contributed by atoms with Crippen molar-refractivity contribution in [2.75, 3.05) is 39.5 Å². The fourth-order valence-corrected chi connectivity index (χ4v) is 4.25. The maximum absolute atomic E-state index is 12.6. The molecule has 0 atom stereocenters. The Morgan fingerprint density at radius 2 is 1.87 bits per heavy atom. The van der Waals surface area contributed by atoms with Gasteiger partial charge in [-0.25, -0.2) is 8.42 Å². The Balaban J connectivity index is 1.49. The predicted octanol–water partition coefficient (Wildman–Crippen LogP) is 1.42. The summed E-state index contributed by atoms with van der Waals surface area (Å²) in [5, 5.41) is 13.4. The minimum absolute atomic E-state index is 0.149. The van der Waals surface area contributed by atoms with E-state index in [-0.39, 0.29) is 29.3 Å². The van der Waals surface area contributed by atoms with Gasteiger partial charge in [-0.15, -0.1) is 0 Å². The molecular weight excluding hydrogens is 414 g/mol. The van der Waals surface area contributed by atoms with Crippen LogP contribution in [0.15, 0.2) is 53.4 Å². The summed E-state index contributed by atoms with van der Waals surface area (Å²) < 4.78 is 37.2. The van der Waals surface area contributed by atoms with E-state index in [1.54, 1.807) is 12.1 Å². The number of carbonyl (C=O) groups excluding carboxylic acids is 1. The largest absolute Gasteiger partial charge is 0.492 e. The number of sulfonamides is 1. The molecular formula is C19H21N3O7S. The molecule has 2 aromatic rings. The molecule has 3 rings (SSSR count). The number of hydrogen-bond donors (Lipinski definition) is 1. The van der Waals surface area contributed by atoms with E-state index < -0.39 is 20.9 Å². The van der Waals surface area contributed by atoms with Crippen LogP contribution in [0.5, 0.6) is 5.75 Å². The van der Waals surface area contributed by atoms with Crippen molar-refractivity contribution in [1.29, 1.82) is 0 Å². The maximum atomic E-state index is 12.6. The predicted molar refractivity (Wildman–Crippen MR) is 107 cm³/mol. The quantitative estimate of drug-likeness (QED) is 0.377. The molecule has 1 amide bonds. The third-order valence-electron chi connectivity index (χ3n) is 4.41. The molecule has 0 saturated carbocycles. The van der Waals surface area contributed by atoms with E-state index in [9.17, 15) is 23.3 Å². The van der Waals surface area contributed by atoms with E-state index in [1.165, 1.54) is 40.7 Å². The number of nitro benzene ring substituents is 1. The number of non-ortho nitro benzene ring substituents is 1. The molecule has 160 valence electrons. The van der Waals surface area contributed by atoms with E-state index in [4.69, 9.17) is 9.47 Å². The molecule has 10 nitrogen and oxygen atoms in total. The highest BCUT2D eigenvalue weighted by atomic mass is 32.2. The van der Waals surface area contributed by atoms with Gasteiger partial charge in [-0.1, -0.05) is 6.07 Å². The zero-order chi connectivity index (χ0) is 21.6. The van der Waals surface area contributed by atoms with Gasteiger partial charge >= 0.3 is 0 Å². The third-order valence-corrected chi connectivity index (χ3v) is 6.32. The van der Waals surface area contributed by atoms with E-state index in [1.807, 2.05) is 0 Å². The SMILES string of the molecule is O=C(NCCOc1ccc(S(=O)(=O)N2CCOCC2)cc1)c1cccc([N+](=O)[O-])c1. The van der Waals surface area contributed by atoms with Crippen molar-refractivity contribution in [3.63, 3.8) is 0 Å². The summed E-state index contributed by atoms with van der Waals surface area (Å²) in [6.07, 6.45) is 0. The molecule has 1 saturated heterocycles. The van der Waals surface area contributed by atoms with Crippen LogP contribution in [0.4, 0.5) is 5.69 Å². The number of nitrogens with one attached hydrogen (secondary N) is 1. The lowest BCUT2D eigenvalue weighted by atomic mass is 10.2. The van der Waals surface area contributed by atoms with Crippen molar-refractivity contribution in [2.45, 2.75) is 4.90 Å². The molecule has 1 aliphatic heterocycles. The zero-order valence-electron chi connectivity index (χ0n) is 16.0. The Kier molecular flexibility index (Phi) is 6.98. The molecule has 11 heteroatoms. The number of rotatable bonds is 8. The number of carbonyl (C=O) groups is 1. The van der Waals surface area contributed by atoms with Crippen LogP contribution in [0.25, 0.3) is 0 Å². The van der Waals surface area contributed by atoms with Crippen LogP contribution in [-0.4, -0.2) is 63.0 Å². The van der Waals surface area contributed by atoms with Gasteiger partial charge in [-0.05, 0) is 30.3 Å². The standard InChI is InChI=1S/C19H21N3O7S/c23-19(15-2-1-3-16(14-15)22(24)25)20-8-11-29-17-4-6-18(7-5-17)30(26,27)21-9-12-28-13-10-21/h1-7,14H,8-13H2,(H,20,23). The monoisotopic (exact) mass is 435 g/mol. The fourth-order valence-electron chi connectivity index (χ4n) is 2.84. The summed E-state index contributed by atoms with van der Waals surface area (Å²) in [7, 11) is -3.56. The molecule has 2 aromatic carbocycles. The number of nitrogens with zero attached hydrogens (tertiary/aromatic N) is 2. The third kappa shape index (κ3) is 5.32. The first-order chi connectivity index (χ1) is 14.4. The smallest absolute Gasteiger partial charge is 0.270 e. The van der Waals surface area contributed by atoms with Crippen LogP contribution < -0.4 is 10.1 Å². The van der Waals surface area contributed by atoms with Crippen LogP contribution in [0.1, 0.15) is 10.4 Å². The molecule has 1 heterocycles. The molecule has 0 radical (unpaired) electrons. The molecule has 0 unspecified atom stereocenters. The first kappa shape index (κ1) is 21.7. The van der Waals surface area contributed by atoms with E-state index in [0.717, 1.165) is 0 Å². The highest BCUT2D eigenvalue weighted by Crippen LogP contribution is 2.20. The van der Waals surface area contributed by atoms with Crippen molar-refractivity contribution in [2.24, 2.45) is 0 Å². The molecule has 1 aliphatic rings. The Labute approximate surface area is 173 Å². The van der Waals surface area contributed by atoms with Crippen molar-refractivity contribution in [1.82, 2.24) is 9.62 Å². The molecule has 0 spiro atoms. The van der Waals surface area contributed by atoms with Gasteiger partial charge in [0.1, 0.15) is 12.4 Å². The highest BCUT2D eigenvalue weighted by Gasteiger charge is 2.26. The Morgan fingerprint density at radius 3 is 2.53 bits per heavy atom. The van der Waals surface area contributed by atoms with Crippen molar-refractivity contribution in [3.8, 4) is 5.75 Å². The summed E-state index contributed by atoms with van der Waals surface area (Å²) in [5.41, 5.74) is 0.0212. The number of morpholine rings is 1. The molecule has 0 bridgehead atoms. The molecule has 1 N–H and O–H groups in total. The second-order valence-electron chi connectivity index (χ2n) is 6.40. The van der Waals surface area contributed by atoms with Gasteiger partial charge in [-0.2, -0.15) is 4.31 Å². The van der Waals surface area contributed by atoms with Gasteiger partial charge in [0.2, 0.25) is 10.0 Å². The highest BCUT2D eigenvalue weighted by molar-refractivity contribution is 7.89. The van der Waals surface area contributed by atoms with Crippen LogP contribution in [-0.2, 0) is 14.8 Å². The van der Waals surface area contributed by atoms with Crippen LogP contribution in [0, 0.1) is 10.1 Å². The average Bonchev–Trinajstić information content (AvgIpc) is 2.77. The Morgan fingerprint density at radius 1 is 1.17 bits per heavy atom. The van der Waals surface area contributed by atoms with Crippen molar-refractivity contribution in [3.05, 3.63) is 64.2 Å². The number of hydrogen-bond acceptors (Lipinski definition) is 7. The van der Waals surface area contributed by atoms with E-state index >= 15 is 0 Å². The topological polar surface area (TPSA) is 128 Å².